The molecule has 0 amide bonds. The Labute approximate surface area is 71.9 Å². The third-order valence-electron chi connectivity index (χ3n) is 1.54. The number of rotatable bonds is 1. The number of fused-ring (bicyclic) bond motifs is 1. The van der Waals surface area contributed by atoms with Gasteiger partial charge in [0.25, 0.3) is 0 Å². The van der Waals surface area contributed by atoms with Gasteiger partial charge in [0.1, 0.15) is 4.70 Å². The molecule has 0 bridgehead atoms. The monoisotopic (exact) mass is 182 g/mol. The fraction of sp³-hybridized carbons (Fsp3) is 0.286. The van der Waals surface area contributed by atoms with Crippen molar-refractivity contribution in [1.82, 2.24) is 9.97 Å². The lowest BCUT2D eigenvalue weighted by atomic mass is 10.3. The number of hydrogen-bond acceptors (Lipinski definition) is 5. The molecule has 0 saturated heterocycles. The topological polar surface area (TPSA) is 56.0 Å². The van der Waals surface area contributed by atoms with E-state index in [1.807, 2.05) is 6.92 Å². The van der Waals surface area contributed by atoms with Gasteiger partial charge < -0.3 is 4.42 Å². The third-order valence-corrected chi connectivity index (χ3v) is 2.40. The standard InChI is InChI=1S/C7H6N2O2S/c1-2-4-5-6(8-3-12-5)11-7(10)9-4/h3H,2H2,1H3. The fourth-order valence-corrected chi connectivity index (χ4v) is 1.78. The average Bonchev–Trinajstić information content (AvgIpc) is 2.50. The summed E-state index contributed by atoms with van der Waals surface area (Å²) in [6.07, 6.45) is 0.726. The number of nitrogens with zero attached hydrogens (tertiary/aromatic N) is 2. The van der Waals surface area contributed by atoms with Gasteiger partial charge in [0.2, 0.25) is 5.71 Å². The molecule has 0 N–H and O–H groups in total. The fourth-order valence-electron chi connectivity index (χ4n) is 1.01. The van der Waals surface area contributed by atoms with Gasteiger partial charge in [-0.2, -0.15) is 4.98 Å². The van der Waals surface area contributed by atoms with Crippen molar-refractivity contribution < 1.29 is 4.42 Å². The van der Waals surface area contributed by atoms with E-state index < -0.39 is 5.76 Å². The molecule has 0 spiro atoms. The van der Waals surface area contributed by atoms with Crippen LogP contribution in [0.5, 0.6) is 0 Å². The zero-order chi connectivity index (χ0) is 8.55. The van der Waals surface area contributed by atoms with Crippen LogP contribution in [0.2, 0.25) is 0 Å². The first-order valence-electron chi connectivity index (χ1n) is 3.54. The van der Waals surface area contributed by atoms with Crippen LogP contribution in [0.4, 0.5) is 0 Å². The lowest BCUT2D eigenvalue weighted by Crippen LogP contribution is -2.06. The number of aryl methyl sites for hydroxylation is 1. The summed E-state index contributed by atoms with van der Waals surface area (Å²) in [6.45, 7) is 1.95. The van der Waals surface area contributed by atoms with Gasteiger partial charge in [-0.25, -0.2) is 9.78 Å². The van der Waals surface area contributed by atoms with Gasteiger partial charge in [-0.15, -0.1) is 11.3 Å². The van der Waals surface area contributed by atoms with Crippen LogP contribution < -0.4 is 5.76 Å². The third kappa shape index (κ3) is 1.02. The zero-order valence-electron chi connectivity index (χ0n) is 6.40. The van der Waals surface area contributed by atoms with E-state index in [1.165, 1.54) is 11.3 Å². The molecule has 2 aromatic heterocycles. The van der Waals surface area contributed by atoms with Crippen molar-refractivity contribution in [3.8, 4) is 0 Å². The van der Waals surface area contributed by atoms with Crippen molar-refractivity contribution >= 4 is 21.8 Å². The second kappa shape index (κ2) is 2.67. The summed E-state index contributed by atoms with van der Waals surface area (Å²) in [6, 6.07) is 0. The molecule has 4 nitrogen and oxygen atoms in total. The van der Waals surface area contributed by atoms with Crippen LogP contribution in [0.1, 0.15) is 12.6 Å². The highest BCUT2D eigenvalue weighted by Gasteiger charge is 2.06. The highest BCUT2D eigenvalue weighted by Crippen LogP contribution is 2.18. The smallest absolute Gasteiger partial charge is 0.388 e. The number of thiazole rings is 1. The molecule has 2 heterocycles. The molecule has 0 aliphatic carbocycles. The summed E-state index contributed by atoms with van der Waals surface area (Å²) in [7, 11) is 0. The molecule has 2 rings (SSSR count). The summed E-state index contributed by atoms with van der Waals surface area (Å²) in [4.78, 5) is 18.5. The van der Waals surface area contributed by atoms with Crippen LogP contribution in [-0.2, 0) is 6.42 Å². The van der Waals surface area contributed by atoms with Crippen LogP contribution in [0.15, 0.2) is 14.7 Å². The Bertz CT molecular complexity index is 460. The van der Waals surface area contributed by atoms with Gasteiger partial charge >= 0.3 is 5.76 Å². The summed E-state index contributed by atoms with van der Waals surface area (Å²) < 4.78 is 5.65. The summed E-state index contributed by atoms with van der Waals surface area (Å²) >= 11 is 1.44. The SMILES string of the molecule is CCc1nc(=O)oc2ncsc12. The maximum absolute atomic E-state index is 10.8. The minimum atomic E-state index is -0.565. The predicted octanol–water partition coefficient (Wildman–Crippen LogP) is 1.21. The second-order valence-electron chi connectivity index (χ2n) is 2.27. The van der Waals surface area contributed by atoms with Crippen LogP contribution in [0.3, 0.4) is 0 Å². The van der Waals surface area contributed by atoms with Gasteiger partial charge in [0, 0.05) is 0 Å². The van der Waals surface area contributed by atoms with Gasteiger partial charge in [0.15, 0.2) is 0 Å². The average molecular weight is 182 g/mol. The lowest BCUT2D eigenvalue weighted by molar-refractivity contribution is 0.519. The minimum absolute atomic E-state index is 0.400. The number of hydrogen-bond donors (Lipinski definition) is 0. The molecule has 62 valence electrons. The summed E-state index contributed by atoms with van der Waals surface area (Å²) in [5, 5.41) is 0. The molecule has 2 aromatic rings. The Balaban J connectivity index is 2.89. The van der Waals surface area contributed by atoms with Crippen molar-refractivity contribution in [2.45, 2.75) is 13.3 Å². The largest absolute Gasteiger partial charge is 0.440 e. The van der Waals surface area contributed by atoms with Crippen molar-refractivity contribution in [2.75, 3.05) is 0 Å². The highest BCUT2D eigenvalue weighted by atomic mass is 32.1. The molecule has 0 fully saturated rings. The van der Waals surface area contributed by atoms with Crippen molar-refractivity contribution in [3.05, 3.63) is 21.8 Å². The Morgan fingerprint density at radius 3 is 3.25 bits per heavy atom. The van der Waals surface area contributed by atoms with Gasteiger partial charge in [-0.3, -0.25) is 0 Å². The van der Waals surface area contributed by atoms with Crippen molar-refractivity contribution in [3.63, 3.8) is 0 Å². The molecular formula is C7H6N2O2S. The van der Waals surface area contributed by atoms with Gasteiger partial charge in [-0.1, -0.05) is 6.92 Å². The molecule has 0 aliphatic heterocycles. The van der Waals surface area contributed by atoms with E-state index >= 15 is 0 Å². The molecule has 0 radical (unpaired) electrons. The molecule has 0 atom stereocenters. The zero-order valence-corrected chi connectivity index (χ0v) is 7.22. The Morgan fingerprint density at radius 2 is 2.50 bits per heavy atom. The van der Waals surface area contributed by atoms with Crippen LogP contribution >= 0.6 is 11.3 Å². The quantitative estimate of drug-likeness (QED) is 0.665. The normalized spacial score (nSPS) is 10.8. The molecule has 0 saturated carbocycles. The van der Waals surface area contributed by atoms with Crippen molar-refractivity contribution in [2.24, 2.45) is 0 Å². The van der Waals surface area contributed by atoms with E-state index in [9.17, 15) is 4.79 Å². The van der Waals surface area contributed by atoms with Crippen LogP contribution in [0.25, 0.3) is 10.4 Å². The summed E-state index contributed by atoms with van der Waals surface area (Å²) in [5.74, 6) is -0.565. The molecule has 12 heavy (non-hydrogen) atoms. The second-order valence-corrected chi connectivity index (χ2v) is 3.12. The predicted molar refractivity (Wildman–Crippen MR) is 45.3 cm³/mol. The number of aromatic nitrogens is 2. The van der Waals surface area contributed by atoms with Gasteiger partial charge in [0.05, 0.1) is 11.2 Å². The van der Waals surface area contributed by atoms with E-state index in [2.05, 4.69) is 9.97 Å². The molecule has 5 heteroatoms. The highest BCUT2D eigenvalue weighted by molar-refractivity contribution is 7.16. The van der Waals surface area contributed by atoms with E-state index in [-0.39, 0.29) is 0 Å². The lowest BCUT2D eigenvalue weighted by Gasteiger charge is -1.92. The van der Waals surface area contributed by atoms with Gasteiger partial charge in [-0.05, 0) is 6.42 Å². The molecular weight excluding hydrogens is 176 g/mol. The Hall–Kier alpha value is -1.23. The first-order valence-corrected chi connectivity index (χ1v) is 4.42. The summed E-state index contributed by atoms with van der Waals surface area (Å²) in [5.41, 5.74) is 2.81. The van der Waals surface area contributed by atoms with E-state index in [4.69, 9.17) is 4.42 Å². The maximum Gasteiger partial charge on any atom is 0.440 e. The van der Waals surface area contributed by atoms with E-state index in [0.29, 0.717) is 5.71 Å². The first kappa shape index (κ1) is 7.42. The molecule has 0 unspecified atom stereocenters. The van der Waals surface area contributed by atoms with Crippen LogP contribution in [-0.4, -0.2) is 9.97 Å². The molecule has 0 aromatic carbocycles. The molecule has 0 aliphatic rings. The Morgan fingerprint density at radius 1 is 1.67 bits per heavy atom. The van der Waals surface area contributed by atoms with Crippen molar-refractivity contribution in [1.29, 1.82) is 0 Å². The van der Waals surface area contributed by atoms with E-state index in [0.717, 1.165) is 16.8 Å². The Kier molecular flexibility index (Phi) is 1.65. The first-order chi connectivity index (χ1) is 5.81. The van der Waals surface area contributed by atoms with E-state index in [1.54, 1.807) is 5.51 Å². The minimum Gasteiger partial charge on any atom is -0.388 e. The maximum atomic E-state index is 10.8. The van der Waals surface area contributed by atoms with Crippen LogP contribution in [0, 0.1) is 0 Å².